The second-order valence-corrected chi connectivity index (χ2v) is 6.33. The molecule has 1 aromatic carbocycles. The number of nitrogens with one attached hydrogen (secondary N) is 1. The maximum Gasteiger partial charge on any atom is 0.223 e. The highest BCUT2D eigenvalue weighted by molar-refractivity contribution is 6.21. The van der Waals surface area contributed by atoms with E-state index in [0.29, 0.717) is 0 Å². The molecule has 1 aromatic rings. The number of amides is 1. The van der Waals surface area contributed by atoms with Crippen LogP contribution in [0.2, 0.25) is 0 Å². The first-order valence-corrected chi connectivity index (χ1v) is 7.69. The molecule has 0 heterocycles. The molecule has 19 heavy (non-hydrogen) atoms. The van der Waals surface area contributed by atoms with E-state index in [9.17, 15) is 4.79 Å². The number of halogens is 1. The Hall–Kier alpha value is -1.02. The van der Waals surface area contributed by atoms with E-state index >= 15 is 0 Å². The van der Waals surface area contributed by atoms with Crippen molar-refractivity contribution in [1.82, 2.24) is 5.32 Å². The predicted octanol–water partition coefficient (Wildman–Crippen LogP) is 3.07. The number of rotatable bonds is 2. The summed E-state index contributed by atoms with van der Waals surface area (Å²) in [4.78, 5) is 12.3. The molecule has 3 heteroatoms. The molecule has 3 unspecified atom stereocenters. The molecule has 0 aliphatic heterocycles. The zero-order chi connectivity index (χ0) is 13.2. The van der Waals surface area contributed by atoms with Crippen molar-refractivity contribution in [2.45, 2.75) is 49.9 Å². The average molecular weight is 278 g/mol. The van der Waals surface area contributed by atoms with Gasteiger partial charge in [0.1, 0.15) is 0 Å². The second kappa shape index (κ2) is 5.54. The highest BCUT2D eigenvalue weighted by Gasteiger charge is 2.30. The molecule has 1 saturated carbocycles. The van der Waals surface area contributed by atoms with Crippen molar-refractivity contribution in [1.29, 1.82) is 0 Å². The maximum atomic E-state index is 12.3. The number of hydrogen-bond acceptors (Lipinski definition) is 1. The van der Waals surface area contributed by atoms with Gasteiger partial charge in [0.25, 0.3) is 0 Å². The average Bonchev–Trinajstić information content (AvgIpc) is 2.84. The van der Waals surface area contributed by atoms with E-state index < -0.39 is 0 Å². The molecule has 0 saturated heterocycles. The van der Waals surface area contributed by atoms with Gasteiger partial charge in [-0.05, 0) is 49.7 Å². The van der Waals surface area contributed by atoms with Crippen LogP contribution in [0.25, 0.3) is 0 Å². The van der Waals surface area contributed by atoms with Crippen LogP contribution in [0, 0.1) is 5.92 Å². The minimum absolute atomic E-state index is 0.124. The molecule has 0 radical (unpaired) electrons. The van der Waals surface area contributed by atoms with Gasteiger partial charge in [-0.25, -0.2) is 0 Å². The van der Waals surface area contributed by atoms with Gasteiger partial charge in [0.05, 0.1) is 5.38 Å². The summed E-state index contributed by atoms with van der Waals surface area (Å²) in [6.07, 6.45) is 6.04. The molecule has 102 valence electrons. The van der Waals surface area contributed by atoms with Gasteiger partial charge in [-0.1, -0.05) is 24.3 Å². The Morgan fingerprint density at radius 1 is 1.16 bits per heavy atom. The summed E-state index contributed by atoms with van der Waals surface area (Å²) in [5, 5.41) is 3.28. The third kappa shape index (κ3) is 2.79. The summed E-state index contributed by atoms with van der Waals surface area (Å²) in [6, 6.07) is 8.65. The number of carbonyl (C=O) groups is 1. The number of hydrogen-bond donors (Lipinski definition) is 1. The van der Waals surface area contributed by atoms with E-state index in [4.69, 9.17) is 11.6 Å². The monoisotopic (exact) mass is 277 g/mol. The van der Waals surface area contributed by atoms with Gasteiger partial charge in [0.15, 0.2) is 0 Å². The van der Waals surface area contributed by atoms with Crippen LogP contribution in [0.1, 0.15) is 36.8 Å². The molecule has 2 aliphatic carbocycles. The predicted molar refractivity (Wildman–Crippen MR) is 77.4 cm³/mol. The fraction of sp³-hybridized carbons (Fsp3) is 0.562. The summed E-state index contributed by atoms with van der Waals surface area (Å²) < 4.78 is 0. The van der Waals surface area contributed by atoms with E-state index in [1.54, 1.807) is 0 Å². The van der Waals surface area contributed by atoms with Crippen molar-refractivity contribution in [2.24, 2.45) is 5.92 Å². The van der Waals surface area contributed by atoms with Crippen LogP contribution in [0.15, 0.2) is 24.3 Å². The van der Waals surface area contributed by atoms with Crippen molar-refractivity contribution >= 4 is 17.5 Å². The fourth-order valence-corrected chi connectivity index (χ4v) is 3.64. The first-order chi connectivity index (χ1) is 9.24. The maximum absolute atomic E-state index is 12.3. The van der Waals surface area contributed by atoms with Gasteiger partial charge in [-0.2, -0.15) is 0 Å². The summed E-state index contributed by atoms with van der Waals surface area (Å²) in [5.74, 6) is 0.325. The minimum atomic E-state index is 0.124. The quantitative estimate of drug-likeness (QED) is 0.827. The van der Waals surface area contributed by atoms with Gasteiger partial charge >= 0.3 is 0 Å². The van der Waals surface area contributed by atoms with Crippen LogP contribution in [0.5, 0.6) is 0 Å². The molecule has 0 aromatic heterocycles. The van der Waals surface area contributed by atoms with Gasteiger partial charge in [0, 0.05) is 12.0 Å². The molecule has 0 spiro atoms. The number of aryl methyl sites for hydroxylation is 1. The lowest BCUT2D eigenvalue weighted by Crippen LogP contribution is -2.42. The van der Waals surface area contributed by atoms with E-state index in [1.807, 2.05) is 0 Å². The van der Waals surface area contributed by atoms with Gasteiger partial charge < -0.3 is 5.32 Å². The second-order valence-electron chi connectivity index (χ2n) is 5.77. The third-order valence-electron chi connectivity index (χ3n) is 4.48. The number of carbonyl (C=O) groups excluding carboxylic acids is 1. The normalized spacial score (nSPS) is 29.8. The highest BCUT2D eigenvalue weighted by Crippen LogP contribution is 2.28. The molecule has 2 aliphatic rings. The largest absolute Gasteiger partial charge is 0.352 e. The lowest BCUT2D eigenvalue weighted by atomic mass is 9.83. The van der Waals surface area contributed by atoms with Gasteiger partial charge in [0.2, 0.25) is 5.91 Å². The van der Waals surface area contributed by atoms with Crippen molar-refractivity contribution in [3.8, 4) is 0 Å². The zero-order valence-corrected chi connectivity index (χ0v) is 11.8. The topological polar surface area (TPSA) is 29.1 Å². The summed E-state index contributed by atoms with van der Waals surface area (Å²) in [7, 11) is 0. The van der Waals surface area contributed by atoms with Crippen LogP contribution in [-0.2, 0) is 17.6 Å². The lowest BCUT2D eigenvalue weighted by Gasteiger charge is -2.26. The molecule has 1 fully saturated rings. The SMILES string of the molecule is O=C(NC1CCCC1Cl)C1CCc2ccccc2C1. The Bertz CT molecular complexity index is 474. The number of fused-ring (bicyclic) bond motifs is 1. The van der Waals surface area contributed by atoms with Crippen molar-refractivity contribution in [3.05, 3.63) is 35.4 Å². The Morgan fingerprint density at radius 3 is 2.68 bits per heavy atom. The van der Waals surface area contributed by atoms with E-state index in [2.05, 4.69) is 29.6 Å². The summed E-state index contributed by atoms with van der Waals surface area (Å²) in [5.41, 5.74) is 2.74. The zero-order valence-electron chi connectivity index (χ0n) is 11.1. The van der Waals surface area contributed by atoms with E-state index in [0.717, 1.165) is 38.5 Å². The van der Waals surface area contributed by atoms with Crippen molar-refractivity contribution in [3.63, 3.8) is 0 Å². The van der Waals surface area contributed by atoms with Gasteiger partial charge in [-0.15, -0.1) is 11.6 Å². The molecule has 2 nitrogen and oxygen atoms in total. The Balaban J connectivity index is 1.63. The van der Waals surface area contributed by atoms with Crippen LogP contribution in [0.3, 0.4) is 0 Å². The molecule has 3 rings (SSSR count). The Kier molecular flexibility index (Phi) is 3.79. The lowest BCUT2D eigenvalue weighted by molar-refractivity contribution is -0.126. The van der Waals surface area contributed by atoms with Crippen LogP contribution < -0.4 is 5.32 Å². The smallest absolute Gasteiger partial charge is 0.223 e. The molecule has 1 N–H and O–H groups in total. The summed E-state index contributed by atoms with van der Waals surface area (Å²) in [6.45, 7) is 0. The van der Waals surface area contributed by atoms with E-state index in [-0.39, 0.29) is 23.2 Å². The first-order valence-electron chi connectivity index (χ1n) is 7.25. The highest BCUT2D eigenvalue weighted by atomic mass is 35.5. The fourth-order valence-electron chi connectivity index (χ4n) is 3.30. The molecular formula is C16H20ClNO. The van der Waals surface area contributed by atoms with Gasteiger partial charge in [-0.3, -0.25) is 4.79 Å². The Labute approximate surface area is 119 Å². The van der Waals surface area contributed by atoms with Crippen LogP contribution >= 0.6 is 11.6 Å². The molecule has 0 bridgehead atoms. The third-order valence-corrected chi connectivity index (χ3v) is 5.00. The van der Waals surface area contributed by atoms with Crippen molar-refractivity contribution in [2.75, 3.05) is 0 Å². The van der Waals surface area contributed by atoms with Crippen molar-refractivity contribution < 1.29 is 4.79 Å². The standard InChI is InChI=1S/C16H20ClNO/c17-14-6-3-7-15(14)18-16(19)13-9-8-11-4-1-2-5-12(11)10-13/h1-2,4-5,13-15H,3,6-10H2,(H,18,19). The van der Waals surface area contributed by atoms with Crippen LogP contribution in [-0.4, -0.2) is 17.3 Å². The molecular weight excluding hydrogens is 258 g/mol. The minimum Gasteiger partial charge on any atom is -0.352 e. The Morgan fingerprint density at radius 2 is 1.95 bits per heavy atom. The molecule has 1 amide bonds. The number of alkyl halides is 1. The number of benzene rings is 1. The summed E-state index contributed by atoms with van der Waals surface area (Å²) >= 11 is 6.23. The van der Waals surface area contributed by atoms with E-state index in [1.165, 1.54) is 11.1 Å². The first kappa shape index (κ1) is 13.0. The molecule has 3 atom stereocenters. The van der Waals surface area contributed by atoms with Crippen LogP contribution in [0.4, 0.5) is 0 Å².